The minimum absolute atomic E-state index is 0.553. The summed E-state index contributed by atoms with van der Waals surface area (Å²) in [7, 11) is 1.94. The summed E-state index contributed by atoms with van der Waals surface area (Å²) in [6.45, 7) is 0.619. The first-order chi connectivity index (χ1) is 8.13. The third kappa shape index (κ3) is 2.87. The lowest BCUT2D eigenvalue weighted by Gasteiger charge is -2.29. The van der Waals surface area contributed by atoms with E-state index < -0.39 is 5.60 Å². The van der Waals surface area contributed by atoms with E-state index in [0.717, 1.165) is 31.5 Å². The number of nitrogens with two attached hydrogens (primary N) is 1. The number of nitrogen functional groups attached to an aromatic ring is 1. The molecule has 0 unspecified atom stereocenters. The quantitative estimate of drug-likeness (QED) is 0.539. The Bertz CT molecular complexity index is 377. The molecule has 0 aromatic carbocycles. The summed E-state index contributed by atoms with van der Waals surface area (Å²) in [6.07, 6.45) is 3.99. The Morgan fingerprint density at radius 3 is 2.82 bits per heavy atom. The minimum atomic E-state index is -0.553. The molecule has 1 heterocycles. The number of anilines is 2. The van der Waals surface area contributed by atoms with Crippen LogP contribution in [-0.2, 0) is 0 Å². The number of nitrogens with one attached hydrogen (secondary N) is 1. The van der Waals surface area contributed by atoms with Gasteiger partial charge in [-0.25, -0.2) is 10.8 Å². The van der Waals surface area contributed by atoms with Crippen LogP contribution in [0.5, 0.6) is 0 Å². The highest BCUT2D eigenvalue weighted by molar-refractivity contribution is 5.46. The van der Waals surface area contributed by atoms with Gasteiger partial charge in [-0.05, 0) is 25.0 Å². The Morgan fingerprint density at radius 2 is 2.18 bits per heavy atom. The van der Waals surface area contributed by atoms with Gasteiger partial charge < -0.3 is 15.4 Å². The summed E-state index contributed by atoms with van der Waals surface area (Å²) < 4.78 is 0. The zero-order valence-corrected chi connectivity index (χ0v) is 10.2. The Balaban J connectivity index is 2.05. The van der Waals surface area contributed by atoms with E-state index in [1.165, 1.54) is 0 Å². The normalized spacial score (nSPS) is 18.1. The first-order valence-electron chi connectivity index (χ1n) is 6.00. The predicted octanol–water partition coefficient (Wildman–Crippen LogP) is 1.11. The predicted molar refractivity (Wildman–Crippen MR) is 68.7 cm³/mol. The van der Waals surface area contributed by atoms with Crippen LogP contribution in [0.25, 0.3) is 0 Å². The van der Waals surface area contributed by atoms with E-state index in [4.69, 9.17) is 5.84 Å². The lowest BCUT2D eigenvalue weighted by Crippen LogP contribution is -2.39. The summed E-state index contributed by atoms with van der Waals surface area (Å²) in [5, 5.41) is 10.3. The maximum Gasteiger partial charge on any atom is 0.142 e. The van der Waals surface area contributed by atoms with Crippen molar-refractivity contribution in [3.63, 3.8) is 0 Å². The van der Waals surface area contributed by atoms with Crippen LogP contribution in [0, 0.1) is 0 Å². The molecule has 1 aliphatic rings. The van der Waals surface area contributed by atoms with Gasteiger partial charge in [0.2, 0.25) is 0 Å². The van der Waals surface area contributed by atoms with Crippen LogP contribution < -0.4 is 16.2 Å². The molecule has 1 saturated carbocycles. The van der Waals surface area contributed by atoms with E-state index in [2.05, 4.69) is 10.4 Å². The van der Waals surface area contributed by atoms with Gasteiger partial charge in [-0.1, -0.05) is 18.9 Å². The van der Waals surface area contributed by atoms with Crippen molar-refractivity contribution in [2.45, 2.75) is 31.3 Å². The average Bonchev–Trinajstić information content (AvgIpc) is 2.76. The number of aliphatic hydroxyl groups is 1. The number of aromatic nitrogens is 1. The van der Waals surface area contributed by atoms with Crippen LogP contribution in [0.2, 0.25) is 0 Å². The molecule has 1 aromatic rings. The fourth-order valence-corrected chi connectivity index (χ4v) is 2.43. The molecule has 0 saturated heterocycles. The number of likely N-dealkylation sites (N-methyl/N-ethyl adjacent to an activating group) is 1. The van der Waals surface area contributed by atoms with E-state index in [1.54, 1.807) is 0 Å². The van der Waals surface area contributed by atoms with Crippen LogP contribution in [0.15, 0.2) is 18.2 Å². The van der Waals surface area contributed by atoms with Crippen molar-refractivity contribution >= 4 is 11.6 Å². The minimum Gasteiger partial charge on any atom is -0.388 e. The van der Waals surface area contributed by atoms with Crippen LogP contribution in [0.1, 0.15) is 25.7 Å². The lowest BCUT2D eigenvalue weighted by molar-refractivity contribution is 0.0558. The zero-order chi connectivity index (χ0) is 12.3. The number of nitrogens with zero attached hydrogens (tertiary/aromatic N) is 2. The van der Waals surface area contributed by atoms with Crippen molar-refractivity contribution in [2.24, 2.45) is 5.84 Å². The Labute approximate surface area is 102 Å². The molecule has 0 aliphatic heterocycles. The van der Waals surface area contributed by atoms with Crippen molar-refractivity contribution < 1.29 is 5.11 Å². The Kier molecular flexibility index (Phi) is 3.49. The van der Waals surface area contributed by atoms with Gasteiger partial charge in [-0.2, -0.15) is 0 Å². The smallest absolute Gasteiger partial charge is 0.142 e. The fraction of sp³-hybridized carbons (Fsp3) is 0.583. The van der Waals surface area contributed by atoms with Gasteiger partial charge in [0.1, 0.15) is 11.6 Å². The van der Waals surface area contributed by atoms with Crippen molar-refractivity contribution in [1.29, 1.82) is 0 Å². The number of rotatable bonds is 4. The summed E-state index contributed by atoms with van der Waals surface area (Å²) >= 11 is 0. The SMILES string of the molecule is CN(CC1(O)CCCC1)c1cccc(NN)n1. The summed E-state index contributed by atoms with van der Waals surface area (Å²) in [5.41, 5.74) is 1.97. The van der Waals surface area contributed by atoms with Crippen LogP contribution in [0.3, 0.4) is 0 Å². The van der Waals surface area contributed by atoms with Crippen molar-refractivity contribution in [2.75, 3.05) is 23.9 Å². The topological polar surface area (TPSA) is 74.4 Å². The molecule has 1 aliphatic carbocycles. The molecule has 0 amide bonds. The lowest BCUT2D eigenvalue weighted by atomic mass is 10.0. The maximum atomic E-state index is 10.3. The molecule has 1 aromatic heterocycles. The zero-order valence-electron chi connectivity index (χ0n) is 10.2. The second-order valence-corrected chi connectivity index (χ2v) is 4.81. The Hall–Kier alpha value is -1.33. The van der Waals surface area contributed by atoms with E-state index in [-0.39, 0.29) is 0 Å². The first kappa shape index (κ1) is 12.1. The highest BCUT2D eigenvalue weighted by atomic mass is 16.3. The molecule has 17 heavy (non-hydrogen) atoms. The van der Waals surface area contributed by atoms with Gasteiger partial charge in [0, 0.05) is 13.6 Å². The van der Waals surface area contributed by atoms with Gasteiger partial charge in [-0.15, -0.1) is 0 Å². The van der Waals surface area contributed by atoms with E-state index in [0.29, 0.717) is 12.4 Å². The largest absolute Gasteiger partial charge is 0.388 e. The van der Waals surface area contributed by atoms with E-state index in [9.17, 15) is 5.11 Å². The molecular formula is C12H20N4O. The number of hydrogen-bond acceptors (Lipinski definition) is 5. The van der Waals surface area contributed by atoms with E-state index in [1.807, 2.05) is 30.1 Å². The van der Waals surface area contributed by atoms with Gasteiger partial charge in [-0.3, -0.25) is 0 Å². The monoisotopic (exact) mass is 236 g/mol. The third-order valence-corrected chi connectivity index (χ3v) is 3.34. The molecule has 94 valence electrons. The van der Waals surface area contributed by atoms with Gasteiger partial charge in [0.15, 0.2) is 0 Å². The molecule has 0 radical (unpaired) electrons. The second kappa shape index (κ2) is 4.89. The van der Waals surface area contributed by atoms with Crippen molar-refractivity contribution in [1.82, 2.24) is 4.98 Å². The number of hydrazine groups is 1. The molecule has 5 nitrogen and oxygen atoms in total. The molecule has 1 fully saturated rings. The van der Waals surface area contributed by atoms with Crippen molar-refractivity contribution in [3.8, 4) is 0 Å². The van der Waals surface area contributed by atoms with Crippen molar-refractivity contribution in [3.05, 3.63) is 18.2 Å². The molecule has 0 atom stereocenters. The molecule has 5 heteroatoms. The first-order valence-corrected chi connectivity index (χ1v) is 6.00. The molecule has 2 rings (SSSR count). The molecule has 4 N–H and O–H groups in total. The maximum absolute atomic E-state index is 10.3. The third-order valence-electron chi connectivity index (χ3n) is 3.34. The van der Waals surface area contributed by atoms with Crippen LogP contribution in [-0.4, -0.2) is 29.3 Å². The van der Waals surface area contributed by atoms with Gasteiger partial charge >= 0.3 is 0 Å². The van der Waals surface area contributed by atoms with Crippen LogP contribution >= 0.6 is 0 Å². The highest BCUT2D eigenvalue weighted by Crippen LogP contribution is 2.30. The molecule has 0 bridgehead atoms. The van der Waals surface area contributed by atoms with E-state index >= 15 is 0 Å². The van der Waals surface area contributed by atoms with Gasteiger partial charge in [0.25, 0.3) is 0 Å². The standard InChI is InChI=1S/C12H20N4O/c1-16(9-12(17)7-2-3-8-12)11-6-4-5-10(14-11)15-13/h4-6,17H,2-3,7-9,13H2,1H3,(H,14,15). The average molecular weight is 236 g/mol. The molecular weight excluding hydrogens is 216 g/mol. The number of pyridine rings is 1. The Morgan fingerprint density at radius 1 is 1.47 bits per heavy atom. The fourth-order valence-electron chi connectivity index (χ4n) is 2.43. The van der Waals surface area contributed by atoms with Crippen LogP contribution in [0.4, 0.5) is 11.6 Å². The molecule has 0 spiro atoms. The second-order valence-electron chi connectivity index (χ2n) is 4.81. The summed E-state index contributed by atoms with van der Waals surface area (Å²) in [6, 6.07) is 5.62. The highest BCUT2D eigenvalue weighted by Gasteiger charge is 2.32. The summed E-state index contributed by atoms with van der Waals surface area (Å²) in [4.78, 5) is 6.32. The number of hydrogen-bond donors (Lipinski definition) is 3. The van der Waals surface area contributed by atoms with Gasteiger partial charge in [0.05, 0.1) is 5.60 Å². The summed E-state index contributed by atoms with van der Waals surface area (Å²) in [5.74, 6) is 6.78.